The van der Waals surface area contributed by atoms with Crippen LogP contribution in [0.4, 0.5) is 0 Å². The third-order valence-corrected chi connectivity index (χ3v) is 3.14. The van der Waals surface area contributed by atoms with E-state index in [1.807, 2.05) is 6.92 Å². The van der Waals surface area contributed by atoms with Gasteiger partial charge in [-0.2, -0.15) is 0 Å². The van der Waals surface area contributed by atoms with Gasteiger partial charge < -0.3 is 11.1 Å². The molecule has 0 spiro atoms. The standard InChI is InChI=1S/C15H26N2/c1-12-6-5-7-14(10-12)15(3,4)11-17-9-8-13(2)16/h5-7,10,13,17H,8-9,11,16H2,1-4H3. The van der Waals surface area contributed by atoms with E-state index in [2.05, 4.69) is 50.4 Å². The largest absolute Gasteiger partial charge is 0.328 e. The van der Waals surface area contributed by atoms with Crippen molar-refractivity contribution in [2.24, 2.45) is 5.73 Å². The maximum absolute atomic E-state index is 5.73. The van der Waals surface area contributed by atoms with Crippen LogP contribution >= 0.6 is 0 Å². The molecule has 0 aromatic heterocycles. The van der Waals surface area contributed by atoms with Crippen LogP contribution in [0.15, 0.2) is 24.3 Å². The predicted octanol–water partition coefficient (Wildman–Crippen LogP) is 2.60. The first kappa shape index (κ1) is 14.2. The van der Waals surface area contributed by atoms with Gasteiger partial charge in [0.05, 0.1) is 0 Å². The van der Waals surface area contributed by atoms with E-state index < -0.39 is 0 Å². The topological polar surface area (TPSA) is 38.0 Å². The van der Waals surface area contributed by atoms with Gasteiger partial charge >= 0.3 is 0 Å². The molecular formula is C15H26N2. The Labute approximate surface area is 106 Å². The highest BCUT2D eigenvalue weighted by molar-refractivity contribution is 5.28. The number of hydrogen-bond donors (Lipinski definition) is 2. The molecule has 0 aliphatic heterocycles. The highest BCUT2D eigenvalue weighted by Crippen LogP contribution is 2.22. The molecule has 1 atom stereocenters. The fraction of sp³-hybridized carbons (Fsp3) is 0.600. The Bertz CT molecular complexity index is 343. The first-order valence-corrected chi connectivity index (χ1v) is 6.45. The van der Waals surface area contributed by atoms with Gasteiger partial charge in [-0.1, -0.05) is 43.7 Å². The van der Waals surface area contributed by atoms with Crippen LogP contribution in [0.1, 0.15) is 38.3 Å². The van der Waals surface area contributed by atoms with Gasteiger partial charge in [-0.25, -0.2) is 0 Å². The van der Waals surface area contributed by atoms with Gasteiger partial charge in [0, 0.05) is 18.0 Å². The van der Waals surface area contributed by atoms with E-state index in [4.69, 9.17) is 5.73 Å². The Hall–Kier alpha value is -0.860. The van der Waals surface area contributed by atoms with Gasteiger partial charge in [-0.3, -0.25) is 0 Å². The Balaban J connectivity index is 2.50. The molecule has 1 aromatic rings. The average molecular weight is 234 g/mol. The second-order valence-electron chi connectivity index (χ2n) is 5.70. The van der Waals surface area contributed by atoms with Crippen molar-refractivity contribution < 1.29 is 0 Å². The average Bonchev–Trinajstić information content (AvgIpc) is 2.24. The summed E-state index contributed by atoms with van der Waals surface area (Å²) < 4.78 is 0. The lowest BCUT2D eigenvalue weighted by molar-refractivity contribution is 0.458. The molecule has 17 heavy (non-hydrogen) atoms. The Morgan fingerprint density at radius 2 is 2.06 bits per heavy atom. The number of rotatable bonds is 6. The fourth-order valence-electron chi connectivity index (χ4n) is 1.90. The molecule has 0 heterocycles. The summed E-state index contributed by atoms with van der Waals surface area (Å²) in [5.41, 5.74) is 8.62. The van der Waals surface area contributed by atoms with E-state index >= 15 is 0 Å². The van der Waals surface area contributed by atoms with Gasteiger partial charge in [-0.15, -0.1) is 0 Å². The predicted molar refractivity (Wildman–Crippen MR) is 75.3 cm³/mol. The molecule has 1 rings (SSSR count). The highest BCUT2D eigenvalue weighted by atomic mass is 14.9. The van der Waals surface area contributed by atoms with Crippen LogP contribution in [0.25, 0.3) is 0 Å². The van der Waals surface area contributed by atoms with E-state index in [0.717, 1.165) is 19.5 Å². The number of aryl methyl sites for hydroxylation is 1. The van der Waals surface area contributed by atoms with E-state index in [0.29, 0.717) is 0 Å². The number of hydrogen-bond acceptors (Lipinski definition) is 2. The molecule has 0 amide bonds. The summed E-state index contributed by atoms with van der Waals surface area (Å²) in [6.45, 7) is 10.7. The third-order valence-electron chi connectivity index (χ3n) is 3.14. The lowest BCUT2D eigenvalue weighted by atomic mass is 9.84. The number of nitrogens with one attached hydrogen (secondary N) is 1. The second kappa shape index (κ2) is 6.18. The van der Waals surface area contributed by atoms with Crippen molar-refractivity contribution in [1.29, 1.82) is 0 Å². The smallest absolute Gasteiger partial charge is 0.00431 e. The summed E-state index contributed by atoms with van der Waals surface area (Å²) in [5.74, 6) is 0. The molecule has 1 unspecified atom stereocenters. The van der Waals surface area contributed by atoms with Crippen LogP contribution < -0.4 is 11.1 Å². The zero-order valence-electron chi connectivity index (χ0n) is 11.6. The summed E-state index contributed by atoms with van der Waals surface area (Å²) in [4.78, 5) is 0. The summed E-state index contributed by atoms with van der Waals surface area (Å²) >= 11 is 0. The van der Waals surface area contributed by atoms with Crippen LogP contribution in [0, 0.1) is 6.92 Å². The number of benzene rings is 1. The summed E-state index contributed by atoms with van der Waals surface area (Å²) in [6.07, 6.45) is 1.03. The molecular weight excluding hydrogens is 208 g/mol. The van der Waals surface area contributed by atoms with Crippen molar-refractivity contribution >= 4 is 0 Å². The minimum absolute atomic E-state index is 0.170. The summed E-state index contributed by atoms with van der Waals surface area (Å²) in [7, 11) is 0. The first-order chi connectivity index (χ1) is 7.92. The normalized spacial score (nSPS) is 13.7. The Morgan fingerprint density at radius 3 is 2.65 bits per heavy atom. The minimum atomic E-state index is 0.170. The summed E-state index contributed by atoms with van der Waals surface area (Å²) in [5, 5.41) is 3.49. The second-order valence-corrected chi connectivity index (χ2v) is 5.70. The quantitative estimate of drug-likeness (QED) is 0.743. The van der Waals surface area contributed by atoms with Crippen molar-refractivity contribution in [2.75, 3.05) is 13.1 Å². The van der Waals surface area contributed by atoms with Gasteiger partial charge in [0.2, 0.25) is 0 Å². The molecule has 2 heteroatoms. The molecule has 2 nitrogen and oxygen atoms in total. The first-order valence-electron chi connectivity index (χ1n) is 6.45. The molecule has 0 aliphatic rings. The van der Waals surface area contributed by atoms with E-state index in [9.17, 15) is 0 Å². The van der Waals surface area contributed by atoms with Crippen molar-refractivity contribution in [2.45, 2.75) is 45.6 Å². The van der Waals surface area contributed by atoms with Crippen LogP contribution in [-0.4, -0.2) is 19.1 Å². The maximum atomic E-state index is 5.73. The lowest BCUT2D eigenvalue weighted by Crippen LogP contribution is -2.35. The molecule has 0 saturated heterocycles. The van der Waals surface area contributed by atoms with Crippen LogP contribution in [0.5, 0.6) is 0 Å². The van der Waals surface area contributed by atoms with Crippen LogP contribution in [0.2, 0.25) is 0 Å². The SMILES string of the molecule is Cc1cccc(C(C)(C)CNCCC(C)N)c1. The van der Waals surface area contributed by atoms with Crippen molar-refractivity contribution in [1.82, 2.24) is 5.32 Å². The molecule has 0 saturated carbocycles. The van der Waals surface area contributed by atoms with E-state index in [-0.39, 0.29) is 11.5 Å². The Kier molecular flexibility index (Phi) is 5.16. The van der Waals surface area contributed by atoms with Gasteiger partial charge in [0.15, 0.2) is 0 Å². The minimum Gasteiger partial charge on any atom is -0.328 e. The van der Waals surface area contributed by atoms with E-state index in [1.54, 1.807) is 0 Å². The molecule has 0 radical (unpaired) electrons. The molecule has 0 fully saturated rings. The zero-order valence-corrected chi connectivity index (χ0v) is 11.6. The molecule has 0 bridgehead atoms. The van der Waals surface area contributed by atoms with Crippen molar-refractivity contribution in [3.05, 3.63) is 35.4 Å². The van der Waals surface area contributed by atoms with Crippen molar-refractivity contribution in [3.8, 4) is 0 Å². The molecule has 3 N–H and O–H groups in total. The maximum Gasteiger partial charge on any atom is 0.00431 e. The van der Waals surface area contributed by atoms with Crippen molar-refractivity contribution in [3.63, 3.8) is 0 Å². The molecule has 1 aromatic carbocycles. The van der Waals surface area contributed by atoms with Crippen LogP contribution in [-0.2, 0) is 5.41 Å². The lowest BCUT2D eigenvalue weighted by Gasteiger charge is -2.26. The fourth-order valence-corrected chi connectivity index (χ4v) is 1.90. The Morgan fingerprint density at radius 1 is 1.35 bits per heavy atom. The third kappa shape index (κ3) is 4.88. The zero-order chi connectivity index (χ0) is 12.9. The van der Waals surface area contributed by atoms with Gasteiger partial charge in [-0.05, 0) is 32.4 Å². The molecule has 96 valence electrons. The van der Waals surface area contributed by atoms with E-state index in [1.165, 1.54) is 11.1 Å². The highest BCUT2D eigenvalue weighted by Gasteiger charge is 2.19. The molecule has 0 aliphatic carbocycles. The van der Waals surface area contributed by atoms with Gasteiger partial charge in [0.1, 0.15) is 0 Å². The van der Waals surface area contributed by atoms with Crippen LogP contribution in [0.3, 0.4) is 0 Å². The monoisotopic (exact) mass is 234 g/mol. The van der Waals surface area contributed by atoms with Gasteiger partial charge in [0.25, 0.3) is 0 Å². The number of nitrogens with two attached hydrogens (primary N) is 1. The summed E-state index contributed by atoms with van der Waals surface area (Å²) in [6, 6.07) is 9.04.